The van der Waals surface area contributed by atoms with E-state index in [0.29, 0.717) is 0 Å². The Hall–Kier alpha value is -1.12. The Kier molecular flexibility index (Phi) is 2.64. The van der Waals surface area contributed by atoms with Gasteiger partial charge in [-0.05, 0) is 19.9 Å². The third-order valence-electron chi connectivity index (χ3n) is 0.663. The van der Waals surface area contributed by atoms with E-state index in [2.05, 4.69) is 5.73 Å². The van der Waals surface area contributed by atoms with Crippen molar-refractivity contribution in [1.82, 2.24) is 0 Å². The molecule has 2 N–H and O–H groups in total. The molecule has 0 aromatic rings. The molecular weight excluding hydrogens is 118 g/mol. The molecule has 0 heterocycles. The predicted octanol–water partition coefficient (Wildman–Crippen LogP) is 0.00700. The van der Waals surface area contributed by atoms with Crippen molar-refractivity contribution in [3.63, 3.8) is 0 Å². The first-order chi connectivity index (χ1) is 4.04. The van der Waals surface area contributed by atoms with E-state index in [0.717, 1.165) is 5.57 Å². The zero-order valence-corrected chi connectivity index (χ0v) is 5.47. The molecule has 0 unspecified atom stereocenters. The summed E-state index contributed by atoms with van der Waals surface area (Å²) in [5.74, 6) is -1.55. The summed E-state index contributed by atoms with van der Waals surface area (Å²) in [6.07, 6.45) is 1.21. The number of amides is 1. The van der Waals surface area contributed by atoms with Gasteiger partial charge < -0.3 is 5.73 Å². The standard InChI is InChI=1S/C6H9NO2/c1-4(2)3-5(8)6(7)9/h3H,1-2H3,(H2,7,9). The lowest BCUT2D eigenvalue weighted by molar-refractivity contribution is -0.133. The highest BCUT2D eigenvalue weighted by Gasteiger charge is 2.02. The second kappa shape index (κ2) is 3.02. The molecule has 0 aliphatic rings. The highest BCUT2D eigenvalue weighted by molar-refractivity contribution is 6.40. The number of primary amides is 1. The van der Waals surface area contributed by atoms with Gasteiger partial charge in [0.2, 0.25) is 5.78 Å². The van der Waals surface area contributed by atoms with Gasteiger partial charge in [-0.2, -0.15) is 0 Å². The van der Waals surface area contributed by atoms with Crippen LogP contribution in [0.2, 0.25) is 0 Å². The van der Waals surface area contributed by atoms with Gasteiger partial charge in [0.05, 0.1) is 0 Å². The molecule has 0 spiro atoms. The zero-order valence-electron chi connectivity index (χ0n) is 5.47. The molecule has 50 valence electrons. The Morgan fingerprint density at radius 1 is 1.33 bits per heavy atom. The Bertz CT molecular complexity index is 166. The lowest BCUT2D eigenvalue weighted by Gasteiger charge is -1.85. The van der Waals surface area contributed by atoms with Gasteiger partial charge in [0.15, 0.2) is 0 Å². The van der Waals surface area contributed by atoms with Gasteiger partial charge >= 0.3 is 0 Å². The van der Waals surface area contributed by atoms with E-state index >= 15 is 0 Å². The van der Waals surface area contributed by atoms with Crippen LogP contribution < -0.4 is 5.73 Å². The van der Waals surface area contributed by atoms with Gasteiger partial charge in [-0.15, -0.1) is 0 Å². The molecule has 0 bridgehead atoms. The van der Waals surface area contributed by atoms with Crippen molar-refractivity contribution in [1.29, 1.82) is 0 Å². The smallest absolute Gasteiger partial charge is 0.289 e. The molecule has 0 saturated carbocycles. The molecule has 0 aliphatic carbocycles. The minimum absolute atomic E-state index is 0.644. The first-order valence-electron chi connectivity index (χ1n) is 2.52. The number of carbonyl (C=O) groups excluding carboxylic acids is 2. The van der Waals surface area contributed by atoms with Crippen molar-refractivity contribution in [3.05, 3.63) is 11.6 Å². The maximum Gasteiger partial charge on any atom is 0.289 e. The molecule has 0 aromatic heterocycles. The summed E-state index contributed by atoms with van der Waals surface area (Å²) >= 11 is 0. The van der Waals surface area contributed by atoms with Crippen LogP contribution >= 0.6 is 0 Å². The Labute approximate surface area is 53.5 Å². The lowest BCUT2D eigenvalue weighted by atomic mass is 10.2. The van der Waals surface area contributed by atoms with Gasteiger partial charge in [0.1, 0.15) is 0 Å². The summed E-state index contributed by atoms with van der Waals surface area (Å²) in [7, 11) is 0. The number of hydrogen-bond acceptors (Lipinski definition) is 2. The predicted molar refractivity (Wildman–Crippen MR) is 33.6 cm³/mol. The van der Waals surface area contributed by atoms with Crippen LogP contribution in [-0.4, -0.2) is 11.7 Å². The van der Waals surface area contributed by atoms with Gasteiger partial charge in [0.25, 0.3) is 5.91 Å². The maximum atomic E-state index is 10.4. The van der Waals surface area contributed by atoms with Crippen molar-refractivity contribution in [2.24, 2.45) is 5.73 Å². The van der Waals surface area contributed by atoms with E-state index < -0.39 is 11.7 Å². The average Bonchev–Trinajstić information content (AvgIpc) is 1.63. The van der Waals surface area contributed by atoms with E-state index in [4.69, 9.17) is 0 Å². The summed E-state index contributed by atoms with van der Waals surface area (Å²) in [5, 5.41) is 0. The summed E-state index contributed by atoms with van der Waals surface area (Å²) in [6, 6.07) is 0. The Morgan fingerprint density at radius 2 is 1.78 bits per heavy atom. The zero-order chi connectivity index (χ0) is 7.44. The first kappa shape index (κ1) is 7.88. The van der Waals surface area contributed by atoms with Crippen molar-refractivity contribution >= 4 is 11.7 Å². The molecule has 1 amide bonds. The molecule has 0 saturated heterocycles. The van der Waals surface area contributed by atoms with E-state index in [1.54, 1.807) is 13.8 Å². The Balaban J connectivity index is 4.09. The number of allylic oxidation sites excluding steroid dienone is 1. The summed E-state index contributed by atoms with van der Waals surface area (Å²) in [6.45, 7) is 3.45. The maximum absolute atomic E-state index is 10.4. The molecule has 0 aromatic carbocycles. The van der Waals surface area contributed by atoms with Crippen LogP contribution in [0.4, 0.5) is 0 Å². The Morgan fingerprint density at radius 3 is 1.89 bits per heavy atom. The number of carbonyl (C=O) groups is 2. The second-order valence-corrected chi connectivity index (χ2v) is 1.95. The third-order valence-corrected chi connectivity index (χ3v) is 0.663. The van der Waals surface area contributed by atoms with Gasteiger partial charge in [-0.3, -0.25) is 9.59 Å². The number of ketones is 1. The second-order valence-electron chi connectivity index (χ2n) is 1.95. The van der Waals surface area contributed by atoms with E-state index in [1.807, 2.05) is 0 Å². The molecule has 0 atom stereocenters. The molecule has 0 aliphatic heterocycles. The summed E-state index contributed by atoms with van der Waals surface area (Å²) in [4.78, 5) is 20.5. The van der Waals surface area contributed by atoms with Crippen molar-refractivity contribution < 1.29 is 9.59 Å². The van der Waals surface area contributed by atoms with E-state index in [9.17, 15) is 9.59 Å². The fraction of sp³-hybridized carbons (Fsp3) is 0.333. The molecule has 9 heavy (non-hydrogen) atoms. The first-order valence-corrected chi connectivity index (χ1v) is 2.52. The summed E-state index contributed by atoms with van der Waals surface area (Å²) in [5.41, 5.74) is 5.43. The van der Waals surface area contributed by atoms with Crippen LogP contribution in [0, 0.1) is 0 Å². The normalized spacial score (nSPS) is 8.22. The minimum atomic E-state index is -0.906. The van der Waals surface area contributed by atoms with Crippen LogP contribution in [-0.2, 0) is 9.59 Å². The van der Waals surface area contributed by atoms with Crippen LogP contribution in [0.5, 0.6) is 0 Å². The van der Waals surface area contributed by atoms with Gasteiger partial charge in [-0.25, -0.2) is 0 Å². The van der Waals surface area contributed by atoms with Gasteiger partial charge in [0, 0.05) is 0 Å². The molecule has 0 rings (SSSR count). The van der Waals surface area contributed by atoms with Crippen LogP contribution in [0.1, 0.15) is 13.8 Å². The fourth-order valence-electron chi connectivity index (χ4n) is 0.333. The SMILES string of the molecule is CC(C)=CC(=O)C(N)=O. The molecule has 3 nitrogen and oxygen atoms in total. The lowest BCUT2D eigenvalue weighted by Crippen LogP contribution is -2.20. The van der Waals surface area contributed by atoms with E-state index in [1.165, 1.54) is 6.08 Å². The molecule has 3 heteroatoms. The number of hydrogen-bond donors (Lipinski definition) is 1. The topological polar surface area (TPSA) is 60.2 Å². The molecule has 0 fully saturated rings. The largest absolute Gasteiger partial charge is 0.363 e. The van der Waals surface area contributed by atoms with Crippen molar-refractivity contribution in [2.45, 2.75) is 13.8 Å². The summed E-state index contributed by atoms with van der Waals surface area (Å²) < 4.78 is 0. The van der Waals surface area contributed by atoms with Crippen LogP contribution in [0.15, 0.2) is 11.6 Å². The van der Waals surface area contributed by atoms with Gasteiger partial charge in [-0.1, -0.05) is 5.57 Å². The van der Waals surface area contributed by atoms with Crippen molar-refractivity contribution in [2.75, 3.05) is 0 Å². The molecular formula is C6H9NO2. The monoisotopic (exact) mass is 127 g/mol. The average molecular weight is 127 g/mol. The highest BCUT2D eigenvalue weighted by atomic mass is 16.2. The highest BCUT2D eigenvalue weighted by Crippen LogP contribution is 1.87. The third kappa shape index (κ3) is 3.46. The number of rotatable bonds is 2. The van der Waals surface area contributed by atoms with Crippen LogP contribution in [0.25, 0.3) is 0 Å². The minimum Gasteiger partial charge on any atom is -0.363 e. The number of nitrogens with two attached hydrogens (primary N) is 1. The molecule has 0 radical (unpaired) electrons. The van der Waals surface area contributed by atoms with Crippen LogP contribution in [0.3, 0.4) is 0 Å². The fourth-order valence-corrected chi connectivity index (χ4v) is 0.333. The quantitative estimate of drug-likeness (QED) is 0.419. The van der Waals surface area contributed by atoms with E-state index in [-0.39, 0.29) is 0 Å². The van der Waals surface area contributed by atoms with Crippen molar-refractivity contribution in [3.8, 4) is 0 Å².